The largest absolute Gasteiger partial charge is 0.468 e. The first-order valence-electron chi connectivity index (χ1n) is 7.77. The van der Waals surface area contributed by atoms with Crippen LogP contribution in [-0.2, 0) is 13.6 Å². The zero-order valence-corrected chi connectivity index (χ0v) is 13.5. The van der Waals surface area contributed by atoms with E-state index >= 15 is 0 Å². The Balaban J connectivity index is 1.47. The molecule has 2 amide bonds. The molecule has 0 spiro atoms. The molecule has 3 heterocycles. The number of piperazine rings is 1. The molecule has 0 radical (unpaired) electrons. The van der Waals surface area contributed by atoms with Crippen LogP contribution in [0.3, 0.4) is 0 Å². The minimum atomic E-state index is -0.170. The summed E-state index contributed by atoms with van der Waals surface area (Å²) in [6, 6.07) is 3.64. The fraction of sp³-hybridized carbons (Fsp3) is 0.533. The van der Waals surface area contributed by atoms with Gasteiger partial charge in [-0.3, -0.25) is 4.90 Å². The topological polar surface area (TPSA) is 79.4 Å². The van der Waals surface area contributed by atoms with Gasteiger partial charge in [-0.1, -0.05) is 0 Å². The summed E-state index contributed by atoms with van der Waals surface area (Å²) in [5.74, 6) is 1.70. The zero-order chi connectivity index (χ0) is 16.2. The van der Waals surface area contributed by atoms with Crippen molar-refractivity contribution in [3.05, 3.63) is 36.3 Å². The first-order chi connectivity index (χ1) is 11.1. The van der Waals surface area contributed by atoms with Gasteiger partial charge in [-0.2, -0.15) is 0 Å². The summed E-state index contributed by atoms with van der Waals surface area (Å²) >= 11 is 0. The van der Waals surface area contributed by atoms with Gasteiger partial charge < -0.3 is 19.2 Å². The highest BCUT2D eigenvalue weighted by Crippen LogP contribution is 2.11. The third-order valence-corrected chi connectivity index (χ3v) is 4.09. The molecule has 1 fully saturated rings. The van der Waals surface area contributed by atoms with E-state index < -0.39 is 0 Å². The van der Waals surface area contributed by atoms with Gasteiger partial charge in [-0.05, 0) is 19.1 Å². The Morgan fingerprint density at radius 3 is 2.78 bits per heavy atom. The van der Waals surface area contributed by atoms with E-state index in [1.54, 1.807) is 12.6 Å². The van der Waals surface area contributed by atoms with Gasteiger partial charge in [0.1, 0.15) is 12.1 Å². The summed E-state index contributed by atoms with van der Waals surface area (Å²) in [5, 5.41) is 10.8. The second kappa shape index (κ2) is 6.82. The lowest BCUT2D eigenvalue weighted by molar-refractivity contribution is 0.128. The summed E-state index contributed by atoms with van der Waals surface area (Å²) in [4.78, 5) is 16.5. The predicted molar refractivity (Wildman–Crippen MR) is 83.5 cm³/mol. The Kier molecular flexibility index (Phi) is 4.61. The molecular weight excluding hydrogens is 296 g/mol. The lowest BCUT2D eigenvalue weighted by Crippen LogP contribution is -2.51. The molecule has 1 aliphatic heterocycles. The van der Waals surface area contributed by atoms with Crippen LogP contribution in [0.2, 0.25) is 0 Å². The van der Waals surface area contributed by atoms with Crippen LogP contribution in [0.4, 0.5) is 4.79 Å². The normalized spacial score (nSPS) is 17.2. The quantitative estimate of drug-likeness (QED) is 0.909. The highest BCUT2D eigenvalue weighted by molar-refractivity contribution is 5.74. The maximum absolute atomic E-state index is 12.4. The van der Waals surface area contributed by atoms with Gasteiger partial charge in [0.15, 0.2) is 5.82 Å². The molecule has 2 aromatic rings. The van der Waals surface area contributed by atoms with Gasteiger partial charge in [0.2, 0.25) is 0 Å². The number of aromatic nitrogens is 3. The number of carbonyl (C=O) groups excluding carboxylic acids is 1. The number of urea groups is 1. The number of rotatable bonds is 4. The molecule has 124 valence electrons. The van der Waals surface area contributed by atoms with Crippen molar-refractivity contribution in [2.75, 3.05) is 26.2 Å². The Morgan fingerprint density at radius 2 is 2.17 bits per heavy atom. The van der Waals surface area contributed by atoms with Crippen LogP contribution in [0, 0.1) is 0 Å². The maximum atomic E-state index is 12.4. The van der Waals surface area contributed by atoms with E-state index in [4.69, 9.17) is 4.42 Å². The molecule has 1 aliphatic rings. The first kappa shape index (κ1) is 15.5. The summed E-state index contributed by atoms with van der Waals surface area (Å²) in [5.41, 5.74) is 0. The molecule has 1 unspecified atom stereocenters. The molecule has 3 rings (SSSR count). The molecule has 0 aliphatic carbocycles. The van der Waals surface area contributed by atoms with E-state index in [0.29, 0.717) is 13.1 Å². The summed E-state index contributed by atoms with van der Waals surface area (Å²) in [7, 11) is 1.87. The Hall–Kier alpha value is -2.35. The second-order valence-corrected chi connectivity index (χ2v) is 5.81. The van der Waals surface area contributed by atoms with Gasteiger partial charge in [0.25, 0.3) is 0 Å². The maximum Gasteiger partial charge on any atom is 0.318 e. The Morgan fingerprint density at radius 1 is 1.39 bits per heavy atom. The molecule has 23 heavy (non-hydrogen) atoms. The lowest BCUT2D eigenvalue weighted by atomic mass is 10.3. The molecule has 8 heteroatoms. The van der Waals surface area contributed by atoms with E-state index in [9.17, 15) is 4.79 Å². The molecule has 0 bridgehead atoms. The number of furan rings is 1. The predicted octanol–water partition coefficient (Wildman–Crippen LogP) is 0.996. The summed E-state index contributed by atoms with van der Waals surface area (Å²) < 4.78 is 7.18. The number of hydrogen-bond acceptors (Lipinski definition) is 5. The van der Waals surface area contributed by atoms with Crippen molar-refractivity contribution in [1.29, 1.82) is 0 Å². The highest BCUT2D eigenvalue weighted by atomic mass is 16.3. The molecule has 2 aromatic heterocycles. The number of hydrogen-bond donors (Lipinski definition) is 1. The van der Waals surface area contributed by atoms with Crippen molar-refractivity contribution in [2.24, 2.45) is 7.05 Å². The van der Waals surface area contributed by atoms with Crippen molar-refractivity contribution < 1.29 is 9.21 Å². The fourth-order valence-electron chi connectivity index (χ4n) is 2.76. The third kappa shape index (κ3) is 3.70. The van der Waals surface area contributed by atoms with E-state index in [2.05, 4.69) is 20.4 Å². The number of amides is 2. The molecular formula is C15H22N6O2. The number of nitrogens with zero attached hydrogens (tertiary/aromatic N) is 5. The number of carbonyl (C=O) groups is 1. The van der Waals surface area contributed by atoms with Crippen LogP contribution in [-0.4, -0.2) is 56.8 Å². The van der Waals surface area contributed by atoms with Gasteiger partial charge in [0, 0.05) is 33.2 Å². The summed E-state index contributed by atoms with van der Waals surface area (Å²) in [6.45, 7) is 5.79. The van der Waals surface area contributed by atoms with Crippen LogP contribution in [0.1, 0.15) is 24.6 Å². The molecule has 1 atom stereocenters. The number of nitrogens with one attached hydrogen (secondary N) is 1. The highest BCUT2D eigenvalue weighted by Gasteiger charge is 2.23. The van der Waals surface area contributed by atoms with E-state index in [1.807, 2.05) is 35.6 Å². The van der Waals surface area contributed by atoms with Crippen LogP contribution in [0.5, 0.6) is 0 Å². The van der Waals surface area contributed by atoms with E-state index in [-0.39, 0.29) is 12.1 Å². The van der Waals surface area contributed by atoms with Crippen molar-refractivity contribution in [3.8, 4) is 0 Å². The average Bonchev–Trinajstić information content (AvgIpc) is 3.19. The monoisotopic (exact) mass is 318 g/mol. The van der Waals surface area contributed by atoms with Gasteiger partial charge in [-0.25, -0.2) is 4.79 Å². The number of aryl methyl sites for hydroxylation is 1. The smallest absolute Gasteiger partial charge is 0.318 e. The molecule has 0 saturated carbocycles. The molecule has 0 aromatic carbocycles. The Labute approximate surface area is 135 Å². The van der Waals surface area contributed by atoms with Crippen LogP contribution in [0.25, 0.3) is 0 Å². The Bertz CT molecular complexity index is 630. The van der Waals surface area contributed by atoms with E-state index in [0.717, 1.165) is 31.2 Å². The van der Waals surface area contributed by atoms with Crippen molar-refractivity contribution in [2.45, 2.75) is 19.5 Å². The first-order valence-corrected chi connectivity index (χ1v) is 7.77. The van der Waals surface area contributed by atoms with Crippen molar-refractivity contribution >= 4 is 6.03 Å². The third-order valence-electron chi connectivity index (χ3n) is 4.09. The van der Waals surface area contributed by atoms with Crippen molar-refractivity contribution in [3.63, 3.8) is 0 Å². The fourth-order valence-corrected chi connectivity index (χ4v) is 2.76. The van der Waals surface area contributed by atoms with Gasteiger partial charge in [-0.15, -0.1) is 10.2 Å². The van der Waals surface area contributed by atoms with Crippen molar-refractivity contribution in [1.82, 2.24) is 29.9 Å². The second-order valence-electron chi connectivity index (χ2n) is 5.81. The van der Waals surface area contributed by atoms with Gasteiger partial charge in [0.05, 0.1) is 18.8 Å². The zero-order valence-electron chi connectivity index (χ0n) is 13.5. The summed E-state index contributed by atoms with van der Waals surface area (Å²) in [6.07, 6.45) is 3.32. The lowest BCUT2D eigenvalue weighted by Gasteiger charge is -2.34. The minimum absolute atomic E-state index is 0.0573. The van der Waals surface area contributed by atoms with Crippen LogP contribution >= 0.6 is 0 Å². The minimum Gasteiger partial charge on any atom is -0.468 e. The van der Waals surface area contributed by atoms with Crippen LogP contribution < -0.4 is 5.32 Å². The standard InChI is InChI=1S/C15H22N6O2/c1-12(14-18-16-11-19(14)2)17-15(22)21-7-5-20(6-8-21)10-13-4-3-9-23-13/h3-4,9,11-12H,5-8,10H2,1-2H3,(H,17,22). The molecule has 1 saturated heterocycles. The van der Waals surface area contributed by atoms with E-state index in [1.165, 1.54) is 0 Å². The average molecular weight is 318 g/mol. The SMILES string of the molecule is CC(NC(=O)N1CCN(Cc2ccco2)CC1)c1nncn1C. The molecule has 1 N–H and O–H groups in total. The molecule has 8 nitrogen and oxygen atoms in total. The van der Waals surface area contributed by atoms with Crippen LogP contribution in [0.15, 0.2) is 29.1 Å². The van der Waals surface area contributed by atoms with Gasteiger partial charge >= 0.3 is 6.03 Å².